The van der Waals surface area contributed by atoms with Gasteiger partial charge in [0, 0.05) is 11.3 Å². The predicted octanol–water partition coefficient (Wildman–Crippen LogP) is 4.88. The highest BCUT2D eigenvalue weighted by atomic mass is 32.2. The number of Topliss-reactive ketones (excluding diaryl/α,β-unsaturated/α-hetero) is 1. The summed E-state index contributed by atoms with van der Waals surface area (Å²) in [6.07, 6.45) is 0. The molecule has 0 radical (unpaired) electrons. The molecule has 3 aromatic carbocycles. The number of carbonyl (C=O) groups excluding carboxylic acids is 2. The largest absolute Gasteiger partial charge is 0.457 e. The van der Waals surface area contributed by atoms with Crippen molar-refractivity contribution in [3.8, 4) is 11.5 Å². The minimum atomic E-state index is -3.91. The highest BCUT2D eigenvalue weighted by molar-refractivity contribution is 7.89. The van der Waals surface area contributed by atoms with Gasteiger partial charge in [-0.15, -0.1) is 0 Å². The molecule has 0 saturated heterocycles. The average molecular weight is 467 g/mol. The van der Waals surface area contributed by atoms with Gasteiger partial charge in [-0.25, -0.2) is 13.6 Å². The van der Waals surface area contributed by atoms with Crippen LogP contribution in [0.4, 0.5) is 5.69 Å². The van der Waals surface area contributed by atoms with E-state index in [1.807, 2.05) is 26.8 Å². The molecule has 0 aliphatic rings. The molecule has 3 rings (SSSR count). The molecular weight excluding hydrogens is 440 g/mol. The van der Waals surface area contributed by atoms with Crippen LogP contribution in [0.15, 0.2) is 71.6 Å². The van der Waals surface area contributed by atoms with Crippen LogP contribution in [0.3, 0.4) is 0 Å². The first kappa shape index (κ1) is 24.2. The topological polar surface area (TPSA) is 116 Å². The second kappa shape index (κ2) is 9.17. The molecule has 33 heavy (non-hydrogen) atoms. The van der Waals surface area contributed by atoms with Gasteiger partial charge in [-0.05, 0) is 60.4 Å². The molecule has 0 fully saturated rings. The van der Waals surface area contributed by atoms with Gasteiger partial charge in [0.1, 0.15) is 11.5 Å². The van der Waals surface area contributed by atoms with Crippen LogP contribution in [0.25, 0.3) is 0 Å². The van der Waals surface area contributed by atoms with Crippen LogP contribution in [0, 0.1) is 0 Å². The van der Waals surface area contributed by atoms with Gasteiger partial charge in [-0.1, -0.05) is 45.0 Å². The van der Waals surface area contributed by atoms with Crippen LogP contribution in [0.5, 0.6) is 11.5 Å². The van der Waals surface area contributed by atoms with Crippen LogP contribution in [-0.2, 0) is 15.4 Å². The van der Waals surface area contributed by atoms with Gasteiger partial charge in [0.25, 0.3) is 5.91 Å². The number of primary sulfonamides is 1. The highest BCUT2D eigenvalue weighted by Crippen LogP contribution is 2.32. The number of carbonyl (C=O) groups is 2. The lowest BCUT2D eigenvalue weighted by Crippen LogP contribution is -2.17. The molecule has 0 heterocycles. The van der Waals surface area contributed by atoms with Crippen molar-refractivity contribution in [1.29, 1.82) is 0 Å². The van der Waals surface area contributed by atoms with E-state index in [-0.39, 0.29) is 27.3 Å². The number of nitrogens with two attached hydrogens (primary N) is 1. The summed E-state index contributed by atoms with van der Waals surface area (Å²) in [5, 5.41) is 7.88. The van der Waals surface area contributed by atoms with Crippen LogP contribution in [0.1, 0.15) is 54.0 Å². The lowest BCUT2D eigenvalue weighted by molar-refractivity contribution is 0.101. The molecule has 0 unspecified atom stereocenters. The first-order valence-electron chi connectivity index (χ1n) is 10.2. The SMILES string of the molecule is CC(=O)c1cccc(Oc2cc(C(C)(C)C)ccc2C(=O)Nc2cccc(S(N)(=O)=O)c2)c1. The zero-order chi connectivity index (χ0) is 24.4. The Morgan fingerprint density at radius 3 is 2.27 bits per heavy atom. The molecule has 0 aliphatic heterocycles. The molecule has 172 valence electrons. The zero-order valence-corrected chi connectivity index (χ0v) is 19.7. The first-order chi connectivity index (χ1) is 15.3. The van der Waals surface area contributed by atoms with E-state index in [2.05, 4.69) is 5.32 Å². The minimum absolute atomic E-state index is 0.100. The van der Waals surface area contributed by atoms with Gasteiger partial charge < -0.3 is 10.1 Å². The fourth-order valence-corrected chi connectivity index (χ4v) is 3.68. The molecule has 0 bridgehead atoms. The van der Waals surface area contributed by atoms with Crippen molar-refractivity contribution in [2.24, 2.45) is 5.14 Å². The van der Waals surface area contributed by atoms with Gasteiger partial charge >= 0.3 is 0 Å². The summed E-state index contributed by atoms with van der Waals surface area (Å²) in [6.45, 7) is 7.59. The van der Waals surface area contributed by atoms with Crippen molar-refractivity contribution in [2.75, 3.05) is 5.32 Å². The Balaban J connectivity index is 2.00. The van der Waals surface area contributed by atoms with Gasteiger partial charge in [0.15, 0.2) is 5.78 Å². The predicted molar refractivity (Wildman–Crippen MR) is 127 cm³/mol. The number of nitrogens with one attached hydrogen (secondary N) is 1. The summed E-state index contributed by atoms with van der Waals surface area (Å²) in [7, 11) is -3.91. The average Bonchev–Trinajstić information content (AvgIpc) is 2.72. The molecular formula is C25H26N2O5S. The fraction of sp³-hybridized carbons (Fsp3) is 0.200. The number of hydrogen-bond acceptors (Lipinski definition) is 5. The molecule has 0 saturated carbocycles. The molecule has 1 amide bonds. The highest BCUT2D eigenvalue weighted by Gasteiger charge is 2.20. The second-order valence-corrected chi connectivity index (χ2v) is 10.2. The van der Waals surface area contributed by atoms with Gasteiger partial charge in [-0.2, -0.15) is 0 Å². The number of sulfonamides is 1. The van der Waals surface area contributed by atoms with Crippen LogP contribution in [0.2, 0.25) is 0 Å². The molecule has 3 N–H and O–H groups in total. The maximum Gasteiger partial charge on any atom is 0.259 e. The van der Waals surface area contributed by atoms with E-state index in [0.717, 1.165) is 5.56 Å². The Morgan fingerprint density at radius 1 is 0.939 bits per heavy atom. The molecule has 0 aliphatic carbocycles. The third kappa shape index (κ3) is 6.06. The van der Waals surface area contributed by atoms with Crippen molar-refractivity contribution in [2.45, 2.75) is 38.0 Å². The summed E-state index contributed by atoms with van der Waals surface area (Å²) in [6, 6.07) is 17.7. The molecule has 7 nitrogen and oxygen atoms in total. The van der Waals surface area contributed by atoms with Gasteiger partial charge in [0.2, 0.25) is 10.0 Å². The summed E-state index contributed by atoms with van der Waals surface area (Å²) in [5.74, 6) is 0.138. The first-order valence-corrected chi connectivity index (χ1v) is 11.8. The fourth-order valence-electron chi connectivity index (χ4n) is 3.12. The van der Waals surface area contributed by atoms with Crippen molar-refractivity contribution >= 4 is 27.4 Å². The number of anilines is 1. The minimum Gasteiger partial charge on any atom is -0.457 e. The van der Waals surface area contributed by atoms with Crippen LogP contribution < -0.4 is 15.2 Å². The summed E-state index contributed by atoms with van der Waals surface area (Å²) < 4.78 is 29.3. The van der Waals surface area contributed by atoms with E-state index < -0.39 is 15.9 Å². The normalized spacial score (nSPS) is 11.7. The second-order valence-electron chi connectivity index (χ2n) is 8.67. The quantitative estimate of drug-likeness (QED) is 0.503. The summed E-state index contributed by atoms with van der Waals surface area (Å²) in [4.78, 5) is 24.7. The maximum atomic E-state index is 13.1. The van der Waals surface area contributed by atoms with E-state index in [9.17, 15) is 18.0 Å². The lowest BCUT2D eigenvalue weighted by Gasteiger charge is -2.21. The van der Waals surface area contributed by atoms with Gasteiger partial charge in [-0.3, -0.25) is 9.59 Å². The Bertz CT molecular complexity index is 1320. The number of hydrogen-bond donors (Lipinski definition) is 2. The molecule has 8 heteroatoms. The van der Waals surface area contributed by atoms with E-state index in [0.29, 0.717) is 17.1 Å². The standard InChI is InChI=1S/C25H26N2O5S/c1-16(28)17-7-5-9-20(13-17)32-23-14-18(25(2,3)4)11-12-22(23)24(29)27-19-8-6-10-21(15-19)33(26,30)31/h5-15H,1-4H3,(H,27,29)(H2,26,30,31). The maximum absolute atomic E-state index is 13.1. The van der Waals surface area contributed by atoms with Crippen LogP contribution in [-0.4, -0.2) is 20.1 Å². The van der Waals surface area contributed by atoms with E-state index in [4.69, 9.17) is 9.88 Å². The van der Waals surface area contributed by atoms with Crippen molar-refractivity contribution in [3.05, 3.63) is 83.4 Å². The number of ether oxygens (including phenoxy) is 1. The molecule has 3 aromatic rings. The van der Waals surface area contributed by atoms with Crippen molar-refractivity contribution in [1.82, 2.24) is 0 Å². The number of ketones is 1. The van der Waals surface area contributed by atoms with E-state index >= 15 is 0 Å². The Labute approximate surface area is 193 Å². The summed E-state index contributed by atoms with van der Waals surface area (Å²) in [5.41, 5.74) is 1.77. The smallest absolute Gasteiger partial charge is 0.259 e. The van der Waals surface area contributed by atoms with Crippen molar-refractivity contribution < 1.29 is 22.7 Å². The lowest BCUT2D eigenvalue weighted by atomic mass is 9.86. The number of benzene rings is 3. The third-order valence-electron chi connectivity index (χ3n) is 4.98. The Hall–Kier alpha value is -3.49. The van der Waals surface area contributed by atoms with E-state index in [1.54, 1.807) is 42.5 Å². The van der Waals surface area contributed by atoms with E-state index in [1.165, 1.54) is 25.1 Å². The summed E-state index contributed by atoms with van der Waals surface area (Å²) >= 11 is 0. The molecule has 0 atom stereocenters. The Morgan fingerprint density at radius 2 is 1.64 bits per heavy atom. The van der Waals surface area contributed by atoms with Gasteiger partial charge in [0.05, 0.1) is 10.5 Å². The molecule has 0 aromatic heterocycles. The monoisotopic (exact) mass is 466 g/mol. The zero-order valence-electron chi connectivity index (χ0n) is 18.9. The van der Waals surface area contributed by atoms with Crippen molar-refractivity contribution in [3.63, 3.8) is 0 Å². The number of rotatable bonds is 6. The number of amides is 1. The van der Waals surface area contributed by atoms with Crippen LogP contribution >= 0.6 is 0 Å². The molecule has 0 spiro atoms. The Kier molecular flexibility index (Phi) is 6.71. The third-order valence-corrected chi connectivity index (χ3v) is 5.89.